The van der Waals surface area contributed by atoms with E-state index in [0.717, 1.165) is 18.8 Å². The van der Waals surface area contributed by atoms with E-state index in [0.29, 0.717) is 0 Å². The molecule has 1 heterocycles. The molecule has 1 aromatic heterocycles. The Morgan fingerprint density at radius 2 is 2.05 bits per heavy atom. The predicted octanol–water partition coefficient (Wildman–Crippen LogP) is 1.21. The zero-order chi connectivity index (χ0) is 15.1. The minimum absolute atomic E-state index is 0.0379. The molecule has 0 radical (unpaired) electrons. The molecule has 1 rings (SSSR count). The van der Waals surface area contributed by atoms with Crippen LogP contribution in [0.15, 0.2) is 29.2 Å². The van der Waals surface area contributed by atoms with Crippen molar-refractivity contribution in [1.29, 1.82) is 0 Å². The van der Waals surface area contributed by atoms with Crippen molar-refractivity contribution in [3.05, 3.63) is 34.8 Å². The lowest BCUT2D eigenvalue weighted by molar-refractivity contribution is -0.138. The Hall–Kier alpha value is -2.11. The van der Waals surface area contributed by atoms with E-state index in [1.165, 1.54) is 10.7 Å². The maximum absolute atomic E-state index is 12.0. The molecule has 0 N–H and O–H groups in total. The Labute approximate surface area is 118 Å². The van der Waals surface area contributed by atoms with Gasteiger partial charge in [0.25, 0.3) is 5.56 Å². The van der Waals surface area contributed by atoms with Crippen molar-refractivity contribution in [1.82, 2.24) is 9.78 Å². The van der Waals surface area contributed by atoms with Gasteiger partial charge in [0.2, 0.25) is 0 Å². The highest BCUT2D eigenvalue weighted by atomic mass is 16.5. The molecular formula is C14H21N3O3. The Balaban J connectivity index is 2.86. The Morgan fingerprint density at radius 1 is 1.40 bits per heavy atom. The molecule has 6 nitrogen and oxygen atoms in total. The van der Waals surface area contributed by atoms with E-state index in [2.05, 4.69) is 11.7 Å². The molecule has 0 saturated carbocycles. The normalized spacial score (nSPS) is 10.2. The van der Waals surface area contributed by atoms with Crippen LogP contribution in [0.4, 0.5) is 5.69 Å². The number of ether oxygens (including phenoxy) is 1. The fourth-order valence-electron chi connectivity index (χ4n) is 1.78. The van der Waals surface area contributed by atoms with Crippen molar-refractivity contribution in [2.24, 2.45) is 0 Å². The van der Waals surface area contributed by atoms with Crippen LogP contribution >= 0.6 is 0 Å². The van der Waals surface area contributed by atoms with E-state index in [9.17, 15) is 9.59 Å². The summed E-state index contributed by atoms with van der Waals surface area (Å²) in [6, 6.07) is 1.51. The number of nitrogens with zero attached hydrogens (tertiary/aromatic N) is 3. The second-order valence-electron chi connectivity index (χ2n) is 4.21. The van der Waals surface area contributed by atoms with Gasteiger partial charge in [0, 0.05) is 19.2 Å². The molecule has 0 bridgehead atoms. The SMILES string of the molecule is C=C(Cn1ncc(N(CC)CC)cc1=O)C(=O)OCC. The summed E-state index contributed by atoms with van der Waals surface area (Å²) in [5.41, 5.74) is 0.717. The van der Waals surface area contributed by atoms with E-state index < -0.39 is 5.97 Å². The summed E-state index contributed by atoms with van der Waals surface area (Å²) < 4.78 is 6.02. The number of hydrogen-bond acceptors (Lipinski definition) is 5. The van der Waals surface area contributed by atoms with E-state index in [1.54, 1.807) is 13.1 Å². The minimum Gasteiger partial charge on any atom is -0.463 e. The van der Waals surface area contributed by atoms with Crippen molar-refractivity contribution < 1.29 is 9.53 Å². The Morgan fingerprint density at radius 3 is 2.55 bits per heavy atom. The number of carbonyl (C=O) groups excluding carboxylic acids is 1. The number of rotatable bonds is 7. The predicted molar refractivity (Wildman–Crippen MR) is 77.8 cm³/mol. The average Bonchev–Trinajstić information content (AvgIpc) is 2.43. The molecular weight excluding hydrogens is 258 g/mol. The van der Waals surface area contributed by atoms with Crippen LogP contribution in [0.25, 0.3) is 0 Å². The van der Waals surface area contributed by atoms with E-state index in [1.807, 2.05) is 18.7 Å². The van der Waals surface area contributed by atoms with Crippen LogP contribution in [0.2, 0.25) is 0 Å². The van der Waals surface area contributed by atoms with Gasteiger partial charge < -0.3 is 9.64 Å². The first-order valence-electron chi connectivity index (χ1n) is 6.70. The molecule has 0 amide bonds. The average molecular weight is 279 g/mol. The number of esters is 1. The zero-order valence-electron chi connectivity index (χ0n) is 12.3. The van der Waals surface area contributed by atoms with Gasteiger partial charge in [-0.15, -0.1) is 0 Å². The summed E-state index contributed by atoms with van der Waals surface area (Å²) in [5.74, 6) is -0.506. The molecule has 0 atom stereocenters. The second-order valence-corrected chi connectivity index (χ2v) is 4.21. The molecule has 0 aliphatic heterocycles. The standard InChI is InChI=1S/C14H21N3O3/c1-5-16(6-2)12-8-13(18)17(15-9-12)10-11(4)14(19)20-7-3/h8-9H,4-7,10H2,1-3H3. The molecule has 110 valence electrons. The third kappa shape index (κ3) is 3.94. The van der Waals surface area contributed by atoms with Crippen molar-refractivity contribution >= 4 is 11.7 Å². The first-order valence-corrected chi connectivity index (χ1v) is 6.70. The lowest BCUT2D eigenvalue weighted by Crippen LogP contribution is -2.29. The van der Waals surface area contributed by atoms with Gasteiger partial charge >= 0.3 is 5.97 Å². The van der Waals surface area contributed by atoms with Gasteiger partial charge in [-0.3, -0.25) is 4.79 Å². The van der Waals surface area contributed by atoms with Gasteiger partial charge in [-0.25, -0.2) is 9.48 Å². The van der Waals surface area contributed by atoms with Gasteiger partial charge in [0.1, 0.15) is 0 Å². The Bertz CT molecular complexity index is 533. The van der Waals surface area contributed by atoms with E-state index in [-0.39, 0.29) is 24.3 Å². The minimum atomic E-state index is -0.506. The number of aromatic nitrogens is 2. The van der Waals surface area contributed by atoms with Gasteiger partial charge in [-0.1, -0.05) is 6.58 Å². The van der Waals surface area contributed by atoms with Crippen molar-refractivity contribution in [2.75, 3.05) is 24.6 Å². The summed E-state index contributed by atoms with van der Waals surface area (Å²) in [6.07, 6.45) is 1.62. The monoisotopic (exact) mass is 279 g/mol. The first-order chi connectivity index (χ1) is 9.53. The largest absolute Gasteiger partial charge is 0.463 e. The molecule has 0 aromatic carbocycles. The maximum Gasteiger partial charge on any atom is 0.335 e. The van der Waals surface area contributed by atoms with Crippen molar-refractivity contribution in [3.8, 4) is 0 Å². The van der Waals surface area contributed by atoms with Gasteiger partial charge in [0.15, 0.2) is 0 Å². The lowest BCUT2D eigenvalue weighted by Gasteiger charge is -2.20. The third-order valence-electron chi connectivity index (χ3n) is 2.89. The van der Waals surface area contributed by atoms with Crippen LogP contribution in [-0.2, 0) is 16.1 Å². The molecule has 0 saturated heterocycles. The molecule has 0 fully saturated rings. The molecule has 0 spiro atoms. The van der Waals surface area contributed by atoms with Crippen LogP contribution in [0.5, 0.6) is 0 Å². The first kappa shape index (κ1) is 15.9. The fraction of sp³-hybridized carbons (Fsp3) is 0.500. The highest BCUT2D eigenvalue weighted by molar-refractivity contribution is 5.87. The maximum atomic E-state index is 12.0. The fourth-order valence-corrected chi connectivity index (χ4v) is 1.78. The van der Waals surface area contributed by atoms with Gasteiger partial charge in [-0.05, 0) is 20.8 Å². The molecule has 6 heteroatoms. The van der Waals surface area contributed by atoms with Crippen LogP contribution in [-0.4, -0.2) is 35.4 Å². The van der Waals surface area contributed by atoms with Crippen molar-refractivity contribution in [2.45, 2.75) is 27.3 Å². The second kappa shape index (κ2) is 7.47. The number of carbonyl (C=O) groups is 1. The number of anilines is 1. The van der Waals surface area contributed by atoms with Gasteiger partial charge in [-0.2, -0.15) is 5.10 Å². The molecule has 1 aromatic rings. The highest BCUT2D eigenvalue weighted by Crippen LogP contribution is 2.08. The Kier molecular flexibility index (Phi) is 5.96. The molecule has 20 heavy (non-hydrogen) atoms. The zero-order valence-corrected chi connectivity index (χ0v) is 12.3. The quantitative estimate of drug-likeness (QED) is 0.554. The summed E-state index contributed by atoms with van der Waals surface area (Å²) in [6.45, 7) is 11.3. The molecule has 0 aliphatic carbocycles. The summed E-state index contributed by atoms with van der Waals surface area (Å²) >= 11 is 0. The third-order valence-corrected chi connectivity index (χ3v) is 2.89. The van der Waals surface area contributed by atoms with Crippen molar-refractivity contribution in [3.63, 3.8) is 0 Å². The van der Waals surface area contributed by atoms with E-state index in [4.69, 9.17) is 4.74 Å². The smallest absolute Gasteiger partial charge is 0.335 e. The molecule has 0 unspecified atom stereocenters. The highest BCUT2D eigenvalue weighted by Gasteiger charge is 2.11. The summed E-state index contributed by atoms with van der Waals surface area (Å²) in [7, 11) is 0. The van der Waals surface area contributed by atoms with Crippen LogP contribution < -0.4 is 10.5 Å². The molecule has 0 aliphatic rings. The summed E-state index contributed by atoms with van der Waals surface area (Å²) in [4.78, 5) is 25.5. The summed E-state index contributed by atoms with van der Waals surface area (Å²) in [5, 5.41) is 4.07. The van der Waals surface area contributed by atoms with Gasteiger partial charge in [0.05, 0.1) is 30.6 Å². The van der Waals surface area contributed by atoms with Crippen LogP contribution in [0, 0.1) is 0 Å². The lowest BCUT2D eigenvalue weighted by atomic mass is 10.3. The van der Waals surface area contributed by atoms with E-state index >= 15 is 0 Å². The van der Waals surface area contributed by atoms with Crippen LogP contribution in [0.3, 0.4) is 0 Å². The van der Waals surface area contributed by atoms with Crippen LogP contribution in [0.1, 0.15) is 20.8 Å². The topological polar surface area (TPSA) is 64.4 Å². The number of hydrogen-bond donors (Lipinski definition) is 0.